The van der Waals surface area contributed by atoms with Crippen LogP contribution < -0.4 is 10.0 Å². The lowest BCUT2D eigenvalue weighted by molar-refractivity contribution is 0.0967. The van der Waals surface area contributed by atoms with Crippen LogP contribution in [0.3, 0.4) is 0 Å². The summed E-state index contributed by atoms with van der Waals surface area (Å²) in [4.78, 5) is 0. The van der Waals surface area contributed by atoms with E-state index >= 15 is 0 Å². The molecule has 2 rings (SSSR count). The van der Waals surface area contributed by atoms with E-state index in [2.05, 4.69) is 23.0 Å². The highest BCUT2D eigenvalue weighted by Crippen LogP contribution is 2.35. The van der Waals surface area contributed by atoms with Crippen molar-refractivity contribution in [3.8, 4) is 0 Å². The van der Waals surface area contributed by atoms with Crippen LogP contribution in [0.5, 0.6) is 0 Å². The van der Waals surface area contributed by atoms with Crippen LogP contribution in [0.25, 0.3) is 0 Å². The fourth-order valence-electron chi connectivity index (χ4n) is 2.26. The van der Waals surface area contributed by atoms with Crippen molar-refractivity contribution in [3.63, 3.8) is 0 Å². The number of ether oxygens (including phenoxy) is 1. The lowest BCUT2D eigenvalue weighted by Gasteiger charge is -2.32. The number of rotatable bonds is 4. The monoisotopic (exact) mass is 288 g/mol. The molecule has 1 aliphatic carbocycles. The number of hydrogen-bond donors (Lipinski definition) is 2. The molecule has 3 unspecified atom stereocenters. The highest BCUT2D eigenvalue weighted by Gasteiger charge is 2.29. The summed E-state index contributed by atoms with van der Waals surface area (Å²) in [7, 11) is 1.79. The third-order valence-corrected chi connectivity index (χ3v) is 5.19. The van der Waals surface area contributed by atoms with Crippen LogP contribution >= 0.6 is 23.5 Å². The molecule has 0 aromatic rings. The van der Waals surface area contributed by atoms with Crippen LogP contribution in [-0.4, -0.2) is 31.1 Å². The molecule has 102 valence electrons. The lowest BCUT2D eigenvalue weighted by Crippen LogP contribution is -2.39. The van der Waals surface area contributed by atoms with Gasteiger partial charge in [-0.05, 0) is 32.4 Å². The van der Waals surface area contributed by atoms with E-state index in [9.17, 15) is 0 Å². The first-order valence-electron chi connectivity index (χ1n) is 6.37. The normalized spacial score (nSPS) is 32.5. The van der Waals surface area contributed by atoms with Gasteiger partial charge in [0.2, 0.25) is 0 Å². The molecule has 0 bridgehead atoms. The molecule has 18 heavy (non-hydrogen) atoms. The number of nitrogens with one attached hydrogen (secondary N) is 2. The van der Waals surface area contributed by atoms with Crippen molar-refractivity contribution in [2.24, 2.45) is 0 Å². The lowest BCUT2D eigenvalue weighted by atomic mass is 9.97. The topological polar surface area (TPSA) is 33.3 Å². The number of allylic oxidation sites excluding steroid dienone is 1. The van der Waals surface area contributed by atoms with Crippen LogP contribution in [0.15, 0.2) is 22.9 Å². The summed E-state index contributed by atoms with van der Waals surface area (Å²) in [5, 5.41) is 4.64. The van der Waals surface area contributed by atoms with Gasteiger partial charge in [0, 0.05) is 24.7 Å². The van der Waals surface area contributed by atoms with Crippen molar-refractivity contribution in [1.29, 1.82) is 0 Å². The molecular formula is C13H21ClN2OS. The molecule has 0 amide bonds. The molecule has 0 saturated carbocycles. The van der Waals surface area contributed by atoms with Crippen molar-refractivity contribution in [1.82, 2.24) is 10.0 Å². The Morgan fingerprint density at radius 2 is 2.33 bits per heavy atom. The van der Waals surface area contributed by atoms with Crippen molar-refractivity contribution < 1.29 is 4.74 Å². The minimum absolute atomic E-state index is 0.261. The van der Waals surface area contributed by atoms with Gasteiger partial charge in [0.1, 0.15) is 0 Å². The second-order valence-corrected chi connectivity index (χ2v) is 6.42. The average molecular weight is 289 g/mol. The molecule has 5 heteroatoms. The Balaban J connectivity index is 1.85. The largest absolute Gasteiger partial charge is 0.390 e. The Bertz CT molecular complexity index is 346. The minimum atomic E-state index is 0.261. The van der Waals surface area contributed by atoms with Gasteiger partial charge in [-0.2, -0.15) is 0 Å². The standard InChI is InChI=1S/C13H21ClN2OS/c1-9-6-12(17-2)13(7-11(9)14)18-16-10-4-3-5-15-8-10/h3,5,10,12-13,15-16H,4,6-8H2,1-2H3. The second kappa shape index (κ2) is 6.85. The van der Waals surface area contributed by atoms with Gasteiger partial charge in [-0.3, -0.25) is 4.72 Å². The molecule has 1 heterocycles. The molecule has 2 N–H and O–H groups in total. The maximum Gasteiger partial charge on any atom is 0.0743 e. The maximum atomic E-state index is 6.27. The van der Waals surface area contributed by atoms with E-state index < -0.39 is 0 Å². The maximum absolute atomic E-state index is 6.27. The summed E-state index contributed by atoms with van der Waals surface area (Å²) < 4.78 is 9.11. The fraction of sp³-hybridized carbons (Fsp3) is 0.692. The Morgan fingerprint density at radius 3 is 3.00 bits per heavy atom. The molecule has 0 fully saturated rings. The zero-order chi connectivity index (χ0) is 13.0. The highest BCUT2D eigenvalue weighted by atomic mass is 35.5. The highest BCUT2D eigenvalue weighted by molar-refractivity contribution is 7.98. The van der Waals surface area contributed by atoms with Crippen LogP contribution in [-0.2, 0) is 4.74 Å². The van der Waals surface area contributed by atoms with Crippen LogP contribution in [0.1, 0.15) is 26.2 Å². The van der Waals surface area contributed by atoms with Crippen LogP contribution in [0, 0.1) is 0 Å². The van der Waals surface area contributed by atoms with Gasteiger partial charge in [0.25, 0.3) is 0 Å². The van der Waals surface area contributed by atoms with Crippen molar-refractivity contribution in [3.05, 3.63) is 22.9 Å². The Hall–Kier alpha value is -0.160. The Labute approximate surface area is 119 Å². The van der Waals surface area contributed by atoms with Crippen molar-refractivity contribution >= 4 is 23.5 Å². The van der Waals surface area contributed by atoms with E-state index in [0.717, 1.165) is 30.8 Å². The minimum Gasteiger partial charge on any atom is -0.390 e. The summed E-state index contributed by atoms with van der Waals surface area (Å²) >= 11 is 8.04. The second-order valence-electron chi connectivity index (χ2n) is 4.89. The van der Waals surface area contributed by atoms with Crippen molar-refractivity contribution in [2.45, 2.75) is 43.6 Å². The van der Waals surface area contributed by atoms with E-state index in [-0.39, 0.29) is 6.10 Å². The van der Waals surface area contributed by atoms with Gasteiger partial charge < -0.3 is 10.1 Å². The van der Waals surface area contributed by atoms with Gasteiger partial charge in [-0.25, -0.2) is 0 Å². The molecule has 0 radical (unpaired) electrons. The number of hydrogen-bond acceptors (Lipinski definition) is 4. The number of halogens is 1. The average Bonchev–Trinajstić information content (AvgIpc) is 2.41. The van der Waals surface area contributed by atoms with E-state index in [1.54, 1.807) is 19.1 Å². The van der Waals surface area contributed by atoms with Gasteiger partial charge in [-0.1, -0.05) is 35.2 Å². The molecule has 1 aliphatic heterocycles. The molecule has 0 saturated heterocycles. The smallest absolute Gasteiger partial charge is 0.0743 e. The number of methoxy groups -OCH3 is 1. The van der Waals surface area contributed by atoms with Gasteiger partial charge in [0.15, 0.2) is 0 Å². The molecule has 3 nitrogen and oxygen atoms in total. The van der Waals surface area contributed by atoms with Gasteiger partial charge >= 0.3 is 0 Å². The summed E-state index contributed by atoms with van der Waals surface area (Å²) in [6.45, 7) is 3.08. The van der Waals surface area contributed by atoms with Crippen LogP contribution in [0.2, 0.25) is 0 Å². The SMILES string of the molecule is COC1CC(C)=C(Cl)CC1SNC1CC=CNC1. The predicted octanol–water partition coefficient (Wildman–Crippen LogP) is 2.79. The quantitative estimate of drug-likeness (QED) is 0.780. The van der Waals surface area contributed by atoms with E-state index in [0.29, 0.717) is 11.3 Å². The van der Waals surface area contributed by atoms with Crippen LogP contribution in [0.4, 0.5) is 0 Å². The molecule has 0 aromatic heterocycles. The van der Waals surface area contributed by atoms with E-state index in [4.69, 9.17) is 16.3 Å². The Kier molecular flexibility index (Phi) is 5.42. The first kappa shape index (κ1) is 14.3. The zero-order valence-electron chi connectivity index (χ0n) is 10.9. The molecule has 3 atom stereocenters. The van der Waals surface area contributed by atoms with Gasteiger partial charge in [0.05, 0.1) is 11.4 Å². The first-order chi connectivity index (χ1) is 8.70. The summed E-state index contributed by atoms with van der Waals surface area (Å²) in [5.74, 6) is 0. The molecule has 2 aliphatic rings. The third kappa shape index (κ3) is 3.67. The summed E-state index contributed by atoms with van der Waals surface area (Å²) in [5.41, 5.74) is 1.27. The first-order valence-corrected chi connectivity index (χ1v) is 7.63. The summed E-state index contributed by atoms with van der Waals surface area (Å²) in [6, 6.07) is 0.489. The van der Waals surface area contributed by atoms with Gasteiger partial charge in [-0.15, -0.1) is 0 Å². The third-order valence-electron chi connectivity index (χ3n) is 3.47. The van der Waals surface area contributed by atoms with E-state index in [1.807, 2.05) is 6.20 Å². The molecule has 0 spiro atoms. The Morgan fingerprint density at radius 1 is 1.50 bits per heavy atom. The molecule has 0 aromatic carbocycles. The van der Waals surface area contributed by atoms with E-state index in [1.165, 1.54) is 5.57 Å². The summed E-state index contributed by atoms with van der Waals surface area (Å²) in [6.07, 6.45) is 7.36. The molecular weight excluding hydrogens is 268 g/mol. The zero-order valence-corrected chi connectivity index (χ0v) is 12.5. The fourth-order valence-corrected chi connectivity index (χ4v) is 3.75. The van der Waals surface area contributed by atoms with Crippen molar-refractivity contribution in [2.75, 3.05) is 13.7 Å². The predicted molar refractivity (Wildman–Crippen MR) is 78.6 cm³/mol.